The third-order valence-electron chi connectivity index (χ3n) is 4.73. The van der Waals surface area contributed by atoms with Crippen LogP contribution >= 0.6 is 23.0 Å². The first-order chi connectivity index (χ1) is 14.7. The van der Waals surface area contributed by atoms with E-state index in [9.17, 15) is 13.2 Å². The Morgan fingerprint density at radius 2 is 1.58 bits per heavy atom. The molecule has 0 aliphatic heterocycles. The van der Waals surface area contributed by atoms with Crippen molar-refractivity contribution in [1.29, 1.82) is 0 Å². The second-order valence-corrected chi connectivity index (χ2v) is 9.37. The largest absolute Gasteiger partial charge is 0.457 e. The van der Waals surface area contributed by atoms with Crippen LogP contribution in [0.5, 0.6) is 11.5 Å². The van der Waals surface area contributed by atoms with Crippen molar-refractivity contribution in [3.05, 3.63) is 78.4 Å². The third-order valence-corrected chi connectivity index (χ3v) is 6.41. The highest BCUT2D eigenvalue weighted by Gasteiger charge is 2.30. The molecule has 0 amide bonds. The fourth-order valence-electron chi connectivity index (χ4n) is 3.30. The highest BCUT2D eigenvalue weighted by Crippen LogP contribution is 2.31. The molecule has 0 heterocycles. The van der Waals surface area contributed by atoms with Crippen molar-refractivity contribution in [3.8, 4) is 22.6 Å². The van der Waals surface area contributed by atoms with Gasteiger partial charge < -0.3 is 7.80 Å². The standard InChI is InChI=1S/C23H22INO5S/c1-16-15-19(25(31(3,27)28)17(2)23(26)30-24)11-14-22(16)18-9-12-21(13-10-18)29-20-7-5-4-6-8-20/h4-15,17H,1-3H3. The summed E-state index contributed by atoms with van der Waals surface area (Å²) in [5, 5.41) is 0. The molecule has 0 aliphatic carbocycles. The molecule has 3 rings (SSSR count). The monoisotopic (exact) mass is 551 g/mol. The van der Waals surface area contributed by atoms with Gasteiger partial charge in [0.15, 0.2) is 23.0 Å². The number of nitrogens with zero attached hydrogens (tertiary/aromatic N) is 1. The van der Waals surface area contributed by atoms with Crippen LogP contribution in [-0.4, -0.2) is 26.7 Å². The van der Waals surface area contributed by atoms with Gasteiger partial charge in [-0.2, -0.15) is 0 Å². The molecule has 0 saturated carbocycles. The number of ether oxygens (including phenoxy) is 1. The molecule has 3 aromatic carbocycles. The minimum Gasteiger partial charge on any atom is -0.457 e. The van der Waals surface area contributed by atoms with Crippen LogP contribution in [-0.2, 0) is 17.9 Å². The molecule has 0 aromatic heterocycles. The molecule has 0 spiro atoms. The smallest absolute Gasteiger partial charge is 0.339 e. The highest BCUT2D eigenvalue weighted by atomic mass is 127. The summed E-state index contributed by atoms with van der Waals surface area (Å²) in [5.74, 6) is 0.844. The first-order valence-corrected chi connectivity index (χ1v) is 12.2. The number of aryl methyl sites for hydroxylation is 1. The van der Waals surface area contributed by atoms with Gasteiger partial charge in [0.25, 0.3) is 0 Å². The van der Waals surface area contributed by atoms with Gasteiger partial charge in [-0.25, -0.2) is 13.2 Å². The topological polar surface area (TPSA) is 72.9 Å². The van der Waals surface area contributed by atoms with Crippen molar-refractivity contribution in [2.75, 3.05) is 10.6 Å². The van der Waals surface area contributed by atoms with Crippen molar-refractivity contribution in [3.63, 3.8) is 0 Å². The minimum absolute atomic E-state index is 0.405. The molecule has 3 aromatic rings. The number of anilines is 1. The average Bonchev–Trinajstić information content (AvgIpc) is 2.74. The molecule has 1 unspecified atom stereocenters. The number of benzene rings is 3. The van der Waals surface area contributed by atoms with E-state index in [1.165, 1.54) is 29.9 Å². The minimum atomic E-state index is -3.69. The maximum atomic E-state index is 12.3. The van der Waals surface area contributed by atoms with Crippen LogP contribution in [0.3, 0.4) is 0 Å². The number of sulfonamides is 1. The lowest BCUT2D eigenvalue weighted by molar-refractivity contribution is -0.132. The quantitative estimate of drug-likeness (QED) is 0.363. The van der Waals surface area contributed by atoms with E-state index >= 15 is 0 Å². The van der Waals surface area contributed by atoms with Gasteiger partial charge in [-0.15, -0.1) is 0 Å². The fourth-order valence-corrected chi connectivity index (χ4v) is 4.82. The van der Waals surface area contributed by atoms with E-state index in [0.29, 0.717) is 5.69 Å². The van der Waals surface area contributed by atoms with Crippen LogP contribution in [0.2, 0.25) is 0 Å². The summed E-state index contributed by atoms with van der Waals surface area (Å²) >= 11 is 1.46. The van der Waals surface area contributed by atoms with E-state index in [2.05, 4.69) is 0 Å². The molecule has 6 nitrogen and oxygen atoms in total. The second-order valence-electron chi connectivity index (χ2n) is 7.07. The third kappa shape index (κ3) is 5.56. The zero-order chi connectivity index (χ0) is 22.6. The maximum Gasteiger partial charge on any atom is 0.339 e. The van der Waals surface area contributed by atoms with Crippen molar-refractivity contribution in [2.45, 2.75) is 19.9 Å². The molecular formula is C23H22INO5S. The van der Waals surface area contributed by atoms with Crippen molar-refractivity contribution < 1.29 is 21.0 Å². The van der Waals surface area contributed by atoms with Crippen LogP contribution < -0.4 is 9.04 Å². The Morgan fingerprint density at radius 1 is 0.968 bits per heavy atom. The van der Waals surface area contributed by atoms with Gasteiger partial charge in [0.05, 0.1) is 11.9 Å². The number of halogens is 1. The summed E-state index contributed by atoms with van der Waals surface area (Å²) in [6, 6.07) is 21.5. The summed E-state index contributed by atoms with van der Waals surface area (Å²) in [6.45, 7) is 3.39. The maximum absolute atomic E-state index is 12.3. The van der Waals surface area contributed by atoms with E-state index in [1.807, 2.05) is 67.6 Å². The SMILES string of the molecule is Cc1cc(N(C(C)C(=O)OI)S(C)(=O)=O)ccc1-c1ccc(Oc2ccccc2)cc1. The molecule has 0 bridgehead atoms. The predicted molar refractivity (Wildman–Crippen MR) is 130 cm³/mol. The van der Waals surface area contributed by atoms with Crippen LogP contribution in [0.15, 0.2) is 72.8 Å². The molecule has 0 aliphatic rings. The van der Waals surface area contributed by atoms with Crippen LogP contribution in [0.25, 0.3) is 11.1 Å². The first-order valence-electron chi connectivity index (χ1n) is 9.46. The molecular weight excluding hydrogens is 529 g/mol. The normalized spacial score (nSPS) is 12.1. The second kappa shape index (κ2) is 9.69. The van der Waals surface area contributed by atoms with Crippen LogP contribution in [0.1, 0.15) is 12.5 Å². The first kappa shape index (κ1) is 23.1. The van der Waals surface area contributed by atoms with Crippen LogP contribution in [0.4, 0.5) is 5.69 Å². The molecule has 0 N–H and O–H groups in total. The van der Waals surface area contributed by atoms with E-state index in [-0.39, 0.29) is 0 Å². The summed E-state index contributed by atoms with van der Waals surface area (Å²) < 4.78 is 36.3. The Labute approximate surface area is 196 Å². The number of hydrogen-bond donors (Lipinski definition) is 0. The lowest BCUT2D eigenvalue weighted by Crippen LogP contribution is -2.43. The van der Waals surface area contributed by atoms with E-state index < -0.39 is 22.0 Å². The summed E-state index contributed by atoms with van der Waals surface area (Å²) in [7, 11) is -3.69. The Morgan fingerprint density at radius 3 is 2.13 bits per heavy atom. The highest BCUT2D eigenvalue weighted by molar-refractivity contribution is 14.1. The average molecular weight is 551 g/mol. The Kier molecular flexibility index (Phi) is 7.22. The molecule has 8 heteroatoms. The number of para-hydroxylation sites is 1. The van der Waals surface area contributed by atoms with Gasteiger partial charge >= 0.3 is 5.97 Å². The Bertz CT molecular complexity index is 1160. The van der Waals surface area contributed by atoms with E-state index in [0.717, 1.165) is 38.8 Å². The van der Waals surface area contributed by atoms with E-state index in [1.54, 1.807) is 12.1 Å². The molecule has 31 heavy (non-hydrogen) atoms. The van der Waals surface area contributed by atoms with Crippen molar-refractivity contribution in [2.24, 2.45) is 0 Å². The Balaban J connectivity index is 1.88. The lowest BCUT2D eigenvalue weighted by atomic mass is 10.00. The number of carbonyl (C=O) groups excluding carboxylic acids is 1. The van der Waals surface area contributed by atoms with Crippen molar-refractivity contribution in [1.82, 2.24) is 0 Å². The molecule has 0 radical (unpaired) electrons. The van der Waals surface area contributed by atoms with Gasteiger partial charge in [-0.1, -0.05) is 36.4 Å². The number of hydrogen-bond acceptors (Lipinski definition) is 5. The molecule has 1 atom stereocenters. The van der Waals surface area contributed by atoms with Gasteiger partial charge in [0.2, 0.25) is 10.0 Å². The number of rotatable bonds is 7. The summed E-state index contributed by atoms with van der Waals surface area (Å²) in [5.41, 5.74) is 3.20. The molecule has 162 valence electrons. The summed E-state index contributed by atoms with van der Waals surface area (Å²) in [6.07, 6.45) is 1.07. The van der Waals surface area contributed by atoms with Gasteiger partial charge in [0, 0.05) is 0 Å². The van der Waals surface area contributed by atoms with Gasteiger partial charge in [-0.05, 0) is 66.9 Å². The van der Waals surface area contributed by atoms with Crippen molar-refractivity contribution >= 4 is 44.7 Å². The molecule has 0 fully saturated rings. The van der Waals surface area contributed by atoms with E-state index in [4.69, 9.17) is 7.80 Å². The zero-order valence-electron chi connectivity index (χ0n) is 17.3. The number of carbonyl (C=O) groups is 1. The lowest BCUT2D eigenvalue weighted by Gasteiger charge is -2.27. The van der Waals surface area contributed by atoms with Crippen LogP contribution in [0, 0.1) is 6.92 Å². The van der Waals surface area contributed by atoms with Gasteiger partial charge in [0.1, 0.15) is 17.5 Å². The van der Waals surface area contributed by atoms with Gasteiger partial charge in [-0.3, -0.25) is 4.31 Å². The fraction of sp³-hybridized carbons (Fsp3) is 0.174. The predicted octanol–water partition coefficient (Wildman–Crippen LogP) is 5.50. The molecule has 0 saturated heterocycles. The zero-order valence-corrected chi connectivity index (χ0v) is 20.3. The Hall–Kier alpha value is -2.59. The summed E-state index contributed by atoms with van der Waals surface area (Å²) in [4.78, 5) is 12.0.